The molecule has 6 heteroatoms. The van der Waals surface area contributed by atoms with Gasteiger partial charge >= 0.3 is 0 Å². The summed E-state index contributed by atoms with van der Waals surface area (Å²) in [5.41, 5.74) is 4.25. The molecule has 0 radical (unpaired) electrons. The van der Waals surface area contributed by atoms with Crippen molar-refractivity contribution in [2.45, 2.75) is 50.6 Å². The largest absolute Gasteiger partial charge is 0.309 e. The molecular formula is C13H24N4S2. The van der Waals surface area contributed by atoms with E-state index in [2.05, 4.69) is 21.2 Å². The van der Waals surface area contributed by atoms with E-state index < -0.39 is 0 Å². The number of rotatable bonds is 3. The highest BCUT2D eigenvalue weighted by Crippen LogP contribution is 2.16. The maximum absolute atomic E-state index is 5.18. The first kappa shape index (κ1) is 15.2. The Balaban J connectivity index is 2.04. The number of piperidine rings is 2. The lowest BCUT2D eigenvalue weighted by molar-refractivity contribution is 0.426. The highest BCUT2D eigenvalue weighted by molar-refractivity contribution is 8.22. The van der Waals surface area contributed by atoms with Crippen LogP contribution in [-0.4, -0.2) is 41.5 Å². The first-order valence-corrected chi connectivity index (χ1v) is 8.83. The Bertz CT molecular complexity index is 301. The molecule has 0 spiro atoms. The molecule has 0 bridgehead atoms. The zero-order chi connectivity index (χ0) is 13.5. The average Bonchev–Trinajstić information content (AvgIpc) is 2.49. The summed E-state index contributed by atoms with van der Waals surface area (Å²) in [6, 6.07) is 0.808. The number of hydrogen-bond acceptors (Lipinski definition) is 5. The third-order valence-corrected chi connectivity index (χ3v) is 4.85. The minimum atomic E-state index is 0.404. The summed E-state index contributed by atoms with van der Waals surface area (Å²) in [7, 11) is 0. The van der Waals surface area contributed by atoms with Gasteiger partial charge in [0, 0.05) is 12.1 Å². The van der Waals surface area contributed by atoms with Gasteiger partial charge in [0.2, 0.25) is 0 Å². The highest BCUT2D eigenvalue weighted by Gasteiger charge is 2.27. The topological polar surface area (TPSA) is 48.5 Å². The Kier molecular flexibility index (Phi) is 6.56. The molecule has 2 fully saturated rings. The first-order chi connectivity index (χ1) is 9.31. The molecule has 3 N–H and O–H groups in total. The summed E-state index contributed by atoms with van der Waals surface area (Å²) in [6.07, 6.45) is 9.47. The molecule has 0 aromatic rings. The smallest absolute Gasteiger partial charge is 0.153 e. The van der Waals surface area contributed by atoms with E-state index in [0.717, 1.165) is 17.4 Å². The monoisotopic (exact) mass is 300 g/mol. The highest BCUT2D eigenvalue weighted by atomic mass is 32.2. The number of thiocarbonyl (C=S) groups is 1. The van der Waals surface area contributed by atoms with Gasteiger partial charge in [-0.2, -0.15) is 5.10 Å². The summed E-state index contributed by atoms with van der Waals surface area (Å²) in [6.45, 7) is 2.20. The van der Waals surface area contributed by atoms with E-state index in [1.54, 1.807) is 0 Å². The third-order valence-electron chi connectivity index (χ3n) is 3.80. The fourth-order valence-corrected chi connectivity index (χ4v) is 2.95. The number of thioether (sulfide) groups is 1. The standard InChI is InChI=1S/C13H24N4S2/c1-19-13(18)17-16-12(10-6-2-4-8-14-10)11-7-3-5-9-15-11/h10-11,14-15H,2-9H2,1H3,(H,17,18). The summed E-state index contributed by atoms with van der Waals surface area (Å²) in [4.78, 5) is 0. The van der Waals surface area contributed by atoms with Crippen molar-refractivity contribution >= 4 is 34.0 Å². The van der Waals surface area contributed by atoms with Crippen molar-refractivity contribution in [1.29, 1.82) is 0 Å². The zero-order valence-electron chi connectivity index (χ0n) is 11.6. The summed E-state index contributed by atoms with van der Waals surface area (Å²) in [5.74, 6) is 0. The van der Waals surface area contributed by atoms with E-state index in [-0.39, 0.29) is 0 Å². The van der Waals surface area contributed by atoms with Crippen molar-refractivity contribution in [3.8, 4) is 0 Å². The van der Waals surface area contributed by atoms with Gasteiger partial charge in [-0.3, -0.25) is 5.43 Å². The maximum atomic E-state index is 5.18. The third kappa shape index (κ3) is 4.70. The lowest BCUT2D eigenvalue weighted by Crippen LogP contribution is -2.52. The van der Waals surface area contributed by atoms with Crippen molar-refractivity contribution in [2.24, 2.45) is 5.10 Å². The van der Waals surface area contributed by atoms with Crippen molar-refractivity contribution in [3.05, 3.63) is 0 Å². The Morgan fingerprint density at radius 3 is 2.11 bits per heavy atom. The number of nitrogens with zero attached hydrogens (tertiary/aromatic N) is 1. The Morgan fingerprint density at radius 1 is 1.11 bits per heavy atom. The van der Waals surface area contributed by atoms with Gasteiger partial charge in [-0.1, -0.05) is 36.8 Å². The Morgan fingerprint density at radius 2 is 1.68 bits per heavy atom. The number of nitrogens with one attached hydrogen (secondary N) is 3. The molecule has 2 aliphatic rings. The number of hydrazone groups is 1. The predicted octanol–water partition coefficient (Wildman–Crippen LogP) is 1.86. The van der Waals surface area contributed by atoms with E-state index >= 15 is 0 Å². The van der Waals surface area contributed by atoms with Crippen LogP contribution in [0.2, 0.25) is 0 Å². The molecule has 0 aliphatic carbocycles. The van der Waals surface area contributed by atoms with Gasteiger partial charge in [0.1, 0.15) is 0 Å². The molecule has 19 heavy (non-hydrogen) atoms. The number of hydrogen-bond donors (Lipinski definition) is 3. The minimum Gasteiger partial charge on any atom is -0.309 e. The molecular weight excluding hydrogens is 276 g/mol. The van der Waals surface area contributed by atoms with Crippen LogP contribution in [0.1, 0.15) is 38.5 Å². The van der Waals surface area contributed by atoms with Crippen molar-refractivity contribution in [2.75, 3.05) is 19.3 Å². The second-order valence-corrected chi connectivity index (χ2v) is 6.63. The van der Waals surface area contributed by atoms with Gasteiger partial charge in [-0.15, -0.1) is 0 Å². The van der Waals surface area contributed by atoms with Gasteiger partial charge in [-0.05, 0) is 45.0 Å². The molecule has 0 aromatic heterocycles. The summed E-state index contributed by atoms with van der Waals surface area (Å²) >= 11 is 6.71. The van der Waals surface area contributed by atoms with Crippen LogP contribution in [0.3, 0.4) is 0 Å². The lowest BCUT2D eigenvalue weighted by atomic mass is 9.91. The molecule has 2 saturated heterocycles. The molecule has 2 rings (SSSR count). The van der Waals surface area contributed by atoms with Crippen LogP contribution >= 0.6 is 24.0 Å². The first-order valence-electron chi connectivity index (χ1n) is 7.19. The SMILES string of the molecule is CSC(=S)NN=C(C1CCCCN1)C1CCCCN1. The van der Waals surface area contributed by atoms with Gasteiger partial charge in [-0.25, -0.2) is 0 Å². The van der Waals surface area contributed by atoms with Gasteiger partial charge in [0.05, 0.1) is 5.71 Å². The van der Waals surface area contributed by atoms with Crippen molar-refractivity contribution in [1.82, 2.24) is 16.1 Å². The van der Waals surface area contributed by atoms with E-state index in [9.17, 15) is 0 Å². The Hall–Kier alpha value is -0.170. The van der Waals surface area contributed by atoms with Gasteiger partial charge < -0.3 is 10.6 Å². The normalized spacial score (nSPS) is 27.6. The van der Waals surface area contributed by atoms with Gasteiger partial charge in [0.25, 0.3) is 0 Å². The quantitative estimate of drug-likeness (QED) is 0.422. The van der Waals surface area contributed by atoms with Crippen LogP contribution < -0.4 is 16.1 Å². The minimum absolute atomic E-state index is 0.404. The van der Waals surface area contributed by atoms with Crippen LogP contribution in [-0.2, 0) is 0 Å². The van der Waals surface area contributed by atoms with Crippen molar-refractivity contribution in [3.63, 3.8) is 0 Å². The van der Waals surface area contributed by atoms with Crippen molar-refractivity contribution < 1.29 is 0 Å². The van der Waals surface area contributed by atoms with Crippen LogP contribution in [0, 0.1) is 0 Å². The van der Waals surface area contributed by atoms with E-state index in [0.29, 0.717) is 12.1 Å². The maximum Gasteiger partial charge on any atom is 0.153 e. The second kappa shape index (κ2) is 8.19. The summed E-state index contributed by atoms with van der Waals surface area (Å²) in [5, 5.41) is 11.8. The fraction of sp³-hybridized carbons (Fsp3) is 0.846. The van der Waals surface area contributed by atoms with Crippen LogP contribution in [0.25, 0.3) is 0 Å². The van der Waals surface area contributed by atoms with Crippen LogP contribution in [0.15, 0.2) is 5.10 Å². The second-order valence-electron chi connectivity index (χ2n) is 5.15. The lowest BCUT2D eigenvalue weighted by Gasteiger charge is -2.32. The molecule has 2 unspecified atom stereocenters. The molecule has 108 valence electrons. The van der Waals surface area contributed by atoms with Crippen LogP contribution in [0.4, 0.5) is 0 Å². The summed E-state index contributed by atoms with van der Waals surface area (Å²) < 4.78 is 0.740. The predicted molar refractivity (Wildman–Crippen MR) is 88.0 cm³/mol. The molecule has 0 aromatic carbocycles. The fourth-order valence-electron chi connectivity index (χ4n) is 2.76. The van der Waals surface area contributed by atoms with E-state index in [1.807, 2.05) is 6.26 Å². The van der Waals surface area contributed by atoms with E-state index in [4.69, 9.17) is 12.2 Å². The zero-order valence-corrected chi connectivity index (χ0v) is 13.2. The molecule has 4 nitrogen and oxygen atoms in total. The average molecular weight is 300 g/mol. The Labute approximate surface area is 125 Å². The molecule has 2 aliphatic heterocycles. The van der Waals surface area contributed by atoms with Gasteiger partial charge in [0.15, 0.2) is 4.32 Å². The van der Waals surface area contributed by atoms with Crippen LogP contribution in [0.5, 0.6) is 0 Å². The molecule has 0 amide bonds. The molecule has 2 atom stereocenters. The molecule has 0 saturated carbocycles. The van der Waals surface area contributed by atoms with E-state index in [1.165, 1.54) is 56.0 Å². The molecule has 2 heterocycles.